The van der Waals surface area contributed by atoms with Crippen molar-refractivity contribution in [2.75, 3.05) is 13.7 Å². The van der Waals surface area contributed by atoms with Crippen LogP contribution in [0.25, 0.3) is 0 Å². The van der Waals surface area contributed by atoms with Crippen LogP contribution in [0.15, 0.2) is 54.6 Å². The van der Waals surface area contributed by atoms with Crippen molar-refractivity contribution < 1.29 is 19.1 Å². The zero-order chi connectivity index (χ0) is 24.4. The summed E-state index contributed by atoms with van der Waals surface area (Å²) in [5.41, 5.74) is 5.09. The number of methoxy groups -OCH3 is 1. The summed E-state index contributed by atoms with van der Waals surface area (Å²) in [7, 11) is 1.61. The number of rotatable bonds is 7. The molecule has 2 aromatic rings. The second-order valence-corrected chi connectivity index (χ2v) is 9.31. The van der Waals surface area contributed by atoms with Crippen molar-refractivity contribution >= 4 is 17.8 Å². The standard InChI is InChI=1S/C26H31N5O4/c1-35-20-13-11-18(12-14-20)15-27-23(32)17-30-26(34)31-22-10-6-5-9-21(22)24(33)29(25(31)28-30)16-19-7-3-2-4-8-19/h2-4,7-8,11-14,21-22,25,28H,5-6,9-10,15-17H2,1H3,(H,27,32). The molecule has 2 aliphatic heterocycles. The summed E-state index contributed by atoms with van der Waals surface area (Å²) >= 11 is 0. The van der Waals surface area contributed by atoms with Gasteiger partial charge in [0.05, 0.1) is 13.0 Å². The number of hydrazine groups is 1. The molecule has 2 N–H and O–H groups in total. The molecular weight excluding hydrogens is 446 g/mol. The van der Waals surface area contributed by atoms with Crippen LogP contribution in [-0.4, -0.2) is 58.6 Å². The Bertz CT molecular complexity index is 1080. The molecule has 3 fully saturated rings. The summed E-state index contributed by atoms with van der Waals surface area (Å²) in [4.78, 5) is 43.2. The van der Waals surface area contributed by atoms with E-state index in [2.05, 4.69) is 10.7 Å². The van der Waals surface area contributed by atoms with Crippen LogP contribution in [-0.2, 0) is 22.7 Å². The first kappa shape index (κ1) is 23.2. The summed E-state index contributed by atoms with van der Waals surface area (Å²) in [6, 6.07) is 16.8. The molecule has 0 spiro atoms. The van der Waals surface area contributed by atoms with Crippen LogP contribution in [0, 0.1) is 5.92 Å². The van der Waals surface area contributed by atoms with Crippen molar-refractivity contribution in [3.05, 3.63) is 65.7 Å². The summed E-state index contributed by atoms with van der Waals surface area (Å²) < 4.78 is 5.16. The van der Waals surface area contributed by atoms with E-state index in [9.17, 15) is 14.4 Å². The molecule has 1 aliphatic carbocycles. The van der Waals surface area contributed by atoms with Crippen LogP contribution >= 0.6 is 0 Å². The molecule has 2 saturated heterocycles. The minimum absolute atomic E-state index is 0.0749. The maximum atomic E-state index is 13.5. The number of carbonyl (C=O) groups excluding carboxylic acids is 3. The van der Waals surface area contributed by atoms with E-state index < -0.39 is 6.29 Å². The van der Waals surface area contributed by atoms with Gasteiger partial charge in [-0.05, 0) is 36.1 Å². The van der Waals surface area contributed by atoms with Gasteiger partial charge in [-0.2, -0.15) is 5.43 Å². The topological polar surface area (TPSA) is 94.2 Å². The van der Waals surface area contributed by atoms with E-state index in [4.69, 9.17) is 4.74 Å². The SMILES string of the molecule is COc1ccc(CNC(=O)CN2NC3N(Cc4ccccc4)C(=O)C4CCCCC4N3C2=O)cc1. The van der Waals surface area contributed by atoms with Gasteiger partial charge in [0.25, 0.3) is 0 Å². The summed E-state index contributed by atoms with van der Waals surface area (Å²) in [6.07, 6.45) is 2.98. The molecule has 1 saturated carbocycles. The van der Waals surface area contributed by atoms with Crippen molar-refractivity contribution in [3.8, 4) is 5.75 Å². The number of hydrogen-bond acceptors (Lipinski definition) is 5. The zero-order valence-electron chi connectivity index (χ0n) is 19.9. The van der Waals surface area contributed by atoms with Crippen molar-refractivity contribution in [2.24, 2.45) is 5.92 Å². The van der Waals surface area contributed by atoms with Gasteiger partial charge in [-0.25, -0.2) is 9.80 Å². The molecule has 184 valence electrons. The first-order valence-electron chi connectivity index (χ1n) is 12.1. The molecule has 9 heteroatoms. The molecule has 5 rings (SSSR count). The van der Waals surface area contributed by atoms with Crippen molar-refractivity contribution in [1.29, 1.82) is 0 Å². The van der Waals surface area contributed by atoms with E-state index in [1.54, 1.807) is 16.9 Å². The predicted octanol–water partition coefficient (Wildman–Crippen LogP) is 2.44. The number of hydrogen-bond donors (Lipinski definition) is 2. The van der Waals surface area contributed by atoms with Gasteiger partial charge in [0.2, 0.25) is 11.8 Å². The molecule has 0 aromatic heterocycles. The number of nitrogens with zero attached hydrogens (tertiary/aromatic N) is 3. The van der Waals surface area contributed by atoms with Gasteiger partial charge in [0.15, 0.2) is 6.29 Å². The zero-order valence-corrected chi connectivity index (χ0v) is 19.9. The Balaban J connectivity index is 1.29. The van der Waals surface area contributed by atoms with Gasteiger partial charge < -0.3 is 15.0 Å². The Hall–Kier alpha value is -3.59. The summed E-state index contributed by atoms with van der Waals surface area (Å²) in [5, 5.41) is 4.21. The van der Waals surface area contributed by atoms with E-state index in [-0.39, 0.29) is 36.3 Å². The van der Waals surface area contributed by atoms with Crippen LogP contribution in [0.5, 0.6) is 5.75 Å². The van der Waals surface area contributed by atoms with Crippen molar-refractivity contribution in [2.45, 2.75) is 51.1 Å². The van der Waals surface area contributed by atoms with E-state index in [1.165, 1.54) is 5.01 Å². The lowest BCUT2D eigenvalue weighted by molar-refractivity contribution is -0.157. The third-order valence-electron chi connectivity index (χ3n) is 7.12. The molecular formula is C26H31N5O4. The highest BCUT2D eigenvalue weighted by Crippen LogP contribution is 2.38. The normalized spacial score (nSPS) is 23.7. The molecule has 0 radical (unpaired) electrons. The minimum Gasteiger partial charge on any atom is -0.497 e. The van der Waals surface area contributed by atoms with Crippen LogP contribution < -0.4 is 15.5 Å². The second kappa shape index (κ2) is 9.95. The molecule has 3 aliphatic rings. The maximum Gasteiger partial charge on any atom is 0.337 e. The summed E-state index contributed by atoms with van der Waals surface area (Å²) in [5.74, 6) is 0.353. The number of ether oxygens (including phenoxy) is 1. The number of amides is 4. The smallest absolute Gasteiger partial charge is 0.337 e. The van der Waals surface area contributed by atoms with Crippen LogP contribution in [0.2, 0.25) is 0 Å². The molecule has 2 heterocycles. The number of nitrogens with one attached hydrogen (secondary N) is 2. The molecule has 3 unspecified atom stereocenters. The summed E-state index contributed by atoms with van der Waals surface area (Å²) in [6.45, 7) is 0.621. The monoisotopic (exact) mass is 477 g/mol. The van der Waals surface area contributed by atoms with Gasteiger partial charge in [-0.3, -0.25) is 14.5 Å². The van der Waals surface area contributed by atoms with E-state index in [0.29, 0.717) is 13.1 Å². The molecule has 9 nitrogen and oxygen atoms in total. The number of urea groups is 1. The second-order valence-electron chi connectivity index (χ2n) is 9.31. The predicted molar refractivity (Wildman–Crippen MR) is 128 cm³/mol. The Morgan fingerprint density at radius 2 is 1.77 bits per heavy atom. The van der Waals surface area contributed by atoms with Gasteiger partial charge in [-0.15, -0.1) is 0 Å². The first-order chi connectivity index (χ1) is 17.0. The highest BCUT2D eigenvalue weighted by atomic mass is 16.5. The lowest BCUT2D eigenvalue weighted by Crippen LogP contribution is -2.65. The average Bonchev–Trinajstić information content (AvgIpc) is 3.21. The largest absolute Gasteiger partial charge is 0.497 e. The minimum atomic E-state index is -0.594. The lowest BCUT2D eigenvalue weighted by atomic mass is 9.81. The van der Waals surface area contributed by atoms with Crippen LogP contribution in [0.3, 0.4) is 0 Å². The fourth-order valence-corrected chi connectivity index (χ4v) is 5.31. The third-order valence-corrected chi connectivity index (χ3v) is 7.12. The average molecular weight is 478 g/mol. The van der Waals surface area contributed by atoms with E-state index >= 15 is 0 Å². The molecule has 3 atom stereocenters. The Morgan fingerprint density at radius 3 is 2.51 bits per heavy atom. The fraction of sp³-hybridized carbons (Fsp3) is 0.423. The highest BCUT2D eigenvalue weighted by molar-refractivity contribution is 5.88. The van der Waals surface area contributed by atoms with Gasteiger partial charge in [0.1, 0.15) is 12.3 Å². The van der Waals surface area contributed by atoms with E-state index in [0.717, 1.165) is 42.6 Å². The molecule has 0 bridgehead atoms. The van der Waals surface area contributed by atoms with Gasteiger partial charge in [-0.1, -0.05) is 55.3 Å². The Labute approximate surface area is 205 Å². The fourth-order valence-electron chi connectivity index (χ4n) is 5.31. The van der Waals surface area contributed by atoms with Gasteiger partial charge in [0, 0.05) is 19.1 Å². The Morgan fingerprint density at radius 1 is 1.03 bits per heavy atom. The van der Waals surface area contributed by atoms with Crippen molar-refractivity contribution in [1.82, 2.24) is 25.6 Å². The van der Waals surface area contributed by atoms with Crippen molar-refractivity contribution in [3.63, 3.8) is 0 Å². The lowest BCUT2D eigenvalue weighted by Gasteiger charge is -2.48. The number of fused-ring (bicyclic) bond motifs is 3. The van der Waals surface area contributed by atoms with Crippen LogP contribution in [0.1, 0.15) is 36.8 Å². The third kappa shape index (κ3) is 4.68. The maximum absolute atomic E-state index is 13.5. The number of carbonyl (C=O) groups is 3. The quantitative estimate of drug-likeness (QED) is 0.639. The molecule has 35 heavy (non-hydrogen) atoms. The van der Waals surface area contributed by atoms with Gasteiger partial charge >= 0.3 is 6.03 Å². The molecule has 4 amide bonds. The van der Waals surface area contributed by atoms with Crippen LogP contribution in [0.4, 0.5) is 4.79 Å². The highest BCUT2D eigenvalue weighted by Gasteiger charge is 2.54. The van der Waals surface area contributed by atoms with E-state index in [1.807, 2.05) is 54.6 Å². The Kier molecular flexibility index (Phi) is 6.59. The number of benzene rings is 2. The first-order valence-corrected chi connectivity index (χ1v) is 12.1. The molecule has 2 aromatic carbocycles.